The van der Waals surface area contributed by atoms with Crippen molar-refractivity contribution in [3.8, 4) is 10.4 Å². The first-order chi connectivity index (χ1) is 34.1. The Balaban J connectivity index is 0.887. The van der Waals surface area contributed by atoms with Gasteiger partial charge in [-0.05, 0) is 96.8 Å². The lowest BCUT2D eigenvalue weighted by Crippen LogP contribution is -2.49. The quantitative estimate of drug-likeness (QED) is 0.0195. The lowest BCUT2D eigenvalue weighted by molar-refractivity contribution is -0.141. The van der Waals surface area contributed by atoms with Gasteiger partial charge in [0.15, 0.2) is 11.6 Å². The van der Waals surface area contributed by atoms with Gasteiger partial charge in [-0.3, -0.25) is 24.0 Å². The second kappa shape index (κ2) is 26.8. The summed E-state index contributed by atoms with van der Waals surface area (Å²) in [7, 11) is 0. The predicted molar refractivity (Wildman–Crippen MR) is 267 cm³/mol. The van der Waals surface area contributed by atoms with Crippen LogP contribution >= 0.6 is 33.9 Å². The number of aromatic nitrogens is 2. The molecule has 0 unspecified atom stereocenters. The van der Waals surface area contributed by atoms with Crippen molar-refractivity contribution in [2.45, 2.75) is 71.1 Å². The number of halogens is 4. The highest BCUT2D eigenvalue weighted by Crippen LogP contribution is 2.33. The van der Waals surface area contributed by atoms with Crippen LogP contribution in [-0.4, -0.2) is 115 Å². The minimum atomic E-state index is -1.34. The molecule has 22 heteroatoms. The van der Waals surface area contributed by atoms with E-state index in [0.29, 0.717) is 53.3 Å². The van der Waals surface area contributed by atoms with Gasteiger partial charge in [0.25, 0.3) is 5.91 Å². The monoisotopic (exact) mass is 1120 g/mol. The number of amides is 4. The van der Waals surface area contributed by atoms with Crippen LogP contribution < -0.4 is 26.7 Å². The van der Waals surface area contributed by atoms with E-state index in [0.717, 1.165) is 28.3 Å². The van der Waals surface area contributed by atoms with Crippen LogP contribution in [0, 0.1) is 40.8 Å². The second-order valence-electron chi connectivity index (χ2n) is 17.1. The molecule has 6 rings (SSSR count). The van der Waals surface area contributed by atoms with Gasteiger partial charge in [0, 0.05) is 35.7 Å². The van der Waals surface area contributed by atoms with Gasteiger partial charge in [-0.2, -0.15) is 0 Å². The molecule has 3 aromatic carbocycles. The Morgan fingerprint density at radius 2 is 1.68 bits per heavy atom. The Kier molecular flexibility index (Phi) is 20.7. The van der Waals surface area contributed by atoms with Gasteiger partial charge in [0.2, 0.25) is 17.7 Å². The number of anilines is 2. The van der Waals surface area contributed by atoms with Gasteiger partial charge >= 0.3 is 0 Å². The molecule has 1 aliphatic heterocycles. The maximum atomic E-state index is 14.7. The number of aliphatic hydroxyl groups is 1. The molecule has 0 aliphatic carbocycles. The molecule has 1 fully saturated rings. The summed E-state index contributed by atoms with van der Waals surface area (Å²) < 4.78 is 60.4. The Labute approximate surface area is 427 Å². The summed E-state index contributed by atoms with van der Waals surface area (Å²) >= 11 is 3.42. The molecular weight excluding hydrogens is 1060 g/mol. The number of hydrogen-bond acceptors (Lipinski definition) is 14. The summed E-state index contributed by atoms with van der Waals surface area (Å²) in [4.78, 5) is 66.2. The van der Waals surface area contributed by atoms with Gasteiger partial charge in [-0.1, -0.05) is 43.3 Å². The standard InChI is InChI=1S/C49H58F3IN8O9S/c1-28(2)43(41-22-29(3)59-70-41)49(66)61-26-34(62)24-40(61)48(65)58-39(31-6-8-32(9-7-31)46-30(4)56-27-71-46)25-42(63)55-16-19-68-21-20-67-18-15-54-14-5-17-69-60-47(64)35-11-12-36(50)44(52)45(35)57-38-13-10-33(53)23-37(38)51/h6-13,22-23,27-28,34,39-40,43,54,57,62H,5,14-21,24-26H2,1-4H3,(H,55,63)(H,58,65)(H,60,64)/t34-,39+,40+,43-/m1/s1. The number of nitrogens with one attached hydrogen (secondary N) is 5. The Morgan fingerprint density at radius 3 is 2.35 bits per heavy atom. The molecule has 4 amide bonds. The first-order valence-corrected chi connectivity index (χ1v) is 25.0. The SMILES string of the molecule is Cc1cc([C@H](C(=O)N2C[C@H](O)C[C@H]2C(=O)N[C@@H](CC(=O)NCCOCCOCCNCCCONC(=O)c2ccc(F)c(F)c2Nc2ccc(I)cc2F)c2ccc(-c3scnc3C)cc2)C(C)C)on1. The number of hydroxylamine groups is 1. The number of aryl methyl sites for hydroxylation is 2. The van der Waals surface area contributed by atoms with Crippen LogP contribution in [0.1, 0.15) is 78.1 Å². The third-order valence-electron chi connectivity index (χ3n) is 11.4. The van der Waals surface area contributed by atoms with E-state index >= 15 is 0 Å². The van der Waals surface area contributed by atoms with Gasteiger partial charge in [-0.15, -0.1) is 11.3 Å². The molecule has 1 saturated heterocycles. The number of likely N-dealkylation sites (tertiary alicyclic amines) is 1. The van der Waals surface area contributed by atoms with E-state index in [1.165, 1.54) is 28.4 Å². The summed E-state index contributed by atoms with van der Waals surface area (Å²) in [6, 6.07) is 13.5. The zero-order valence-corrected chi connectivity index (χ0v) is 42.7. The third kappa shape index (κ3) is 15.5. The fraction of sp³-hybridized carbons (Fsp3) is 0.429. The average molecular weight is 1120 g/mol. The number of rotatable bonds is 26. The van der Waals surface area contributed by atoms with Crippen LogP contribution in [0.15, 0.2) is 70.7 Å². The van der Waals surface area contributed by atoms with E-state index in [9.17, 15) is 37.5 Å². The van der Waals surface area contributed by atoms with Gasteiger partial charge in [0.1, 0.15) is 23.5 Å². The Morgan fingerprint density at radius 1 is 0.930 bits per heavy atom. The molecule has 1 aliphatic rings. The van der Waals surface area contributed by atoms with Crippen LogP contribution in [0.3, 0.4) is 0 Å². The number of benzene rings is 3. The van der Waals surface area contributed by atoms with Crippen molar-refractivity contribution in [2.75, 3.05) is 64.5 Å². The van der Waals surface area contributed by atoms with Crippen molar-refractivity contribution < 1.29 is 56.3 Å². The molecule has 4 atom stereocenters. The van der Waals surface area contributed by atoms with Gasteiger partial charge in [-0.25, -0.2) is 23.6 Å². The highest BCUT2D eigenvalue weighted by Gasteiger charge is 2.44. The largest absolute Gasteiger partial charge is 0.391 e. The van der Waals surface area contributed by atoms with Crippen LogP contribution in [-0.2, 0) is 28.7 Å². The first-order valence-electron chi connectivity index (χ1n) is 23.1. The highest BCUT2D eigenvalue weighted by molar-refractivity contribution is 14.1. The maximum absolute atomic E-state index is 14.7. The molecule has 71 heavy (non-hydrogen) atoms. The van der Waals surface area contributed by atoms with Gasteiger partial charge < -0.3 is 45.3 Å². The van der Waals surface area contributed by atoms with Crippen LogP contribution in [0.2, 0.25) is 0 Å². The minimum absolute atomic E-state index is 0.0279. The van der Waals surface area contributed by atoms with E-state index < -0.39 is 59.1 Å². The number of nitrogens with zero attached hydrogens (tertiary/aromatic N) is 3. The van der Waals surface area contributed by atoms with Crippen molar-refractivity contribution in [2.24, 2.45) is 5.92 Å². The summed E-state index contributed by atoms with van der Waals surface area (Å²) in [5.74, 6) is -5.80. The summed E-state index contributed by atoms with van der Waals surface area (Å²) in [6.45, 7) is 9.94. The number of ether oxygens (including phenoxy) is 2. The number of β-amino-alcohol motifs (C(OH)–C–C–N with tert-alkyl or cyclic N) is 1. The fourth-order valence-electron chi connectivity index (χ4n) is 7.86. The lowest BCUT2D eigenvalue weighted by Gasteiger charge is -2.30. The number of thiazole rings is 1. The maximum Gasteiger partial charge on any atom is 0.277 e. The van der Waals surface area contributed by atoms with Crippen LogP contribution in [0.5, 0.6) is 0 Å². The van der Waals surface area contributed by atoms with Crippen molar-refractivity contribution in [1.29, 1.82) is 0 Å². The fourth-order valence-corrected chi connectivity index (χ4v) is 9.12. The van der Waals surface area contributed by atoms with Crippen molar-refractivity contribution in [3.05, 3.63) is 115 Å². The summed E-state index contributed by atoms with van der Waals surface area (Å²) in [5, 5.41) is 26.2. The molecule has 0 spiro atoms. The minimum Gasteiger partial charge on any atom is -0.391 e. The molecule has 3 heterocycles. The number of hydrogen-bond donors (Lipinski definition) is 6. The average Bonchev–Trinajstić information content (AvgIpc) is 4.08. The van der Waals surface area contributed by atoms with E-state index in [2.05, 4.69) is 36.9 Å². The zero-order valence-electron chi connectivity index (χ0n) is 39.7. The zero-order chi connectivity index (χ0) is 51.0. The molecule has 5 aromatic rings. The molecule has 382 valence electrons. The summed E-state index contributed by atoms with van der Waals surface area (Å²) in [5.41, 5.74) is 6.17. The molecule has 0 bridgehead atoms. The Hall–Kier alpha value is -5.50. The van der Waals surface area contributed by atoms with E-state index in [4.69, 9.17) is 18.8 Å². The number of carbonyl (C=O) groups is 4. The molecule has 0 saturated carbocycles. The van der Waals surface area contributed by atoms with Crippen molar-refractivity contribution >= 4 is 68.9 Å². The normalized spacial score (nSPS) is 15.4. The second-order valence-corrected chi connectivity index (χ2v) is 19.2. The third-order valence-corrected chi connectivity index (χ3v) is 13.1. The summed E-state index contributed by atoms with van der Waals surface area (Å²) in [6.07, 6.45) is -0.499. The Bertz CT molecular complexity index is 2590. The van der Waals surface area contributed by atoms with Crippen molar-refractivity contribution in [3.63, 3.8) is 0 Å². The smallest absolute Gasteiger partial charge is 0.277 e. The lowest BCUT2D eigenvalue weighted by atomic mass is 9.91. The van der Waals surface area contributed by atoms with Gasteiger partial charge in [0.05, 0.1) is 90.3 Å². The molecule has 17 nitrogen and oxygen atoms in total. The van der Waals surface area contributed by atoms with E-state index in [1.54, 1.807) is 24.6 Å². The topological polar surface area (TPSA) is 219 Å². The van der Waals surface area contributed by atoms with E-state index in [-0.39, 0.29) is 74.7 Å². The molecule has 2 aromatic heterocycles. The highest BCUT2D eigenvalue weighted by atomic mass is 127. The first kappa shape index (κ1) is 54.8. The van der Waals surface area contributed by atoms with E-state index in [1.807, 2.05) is 67.6 Å². The molecule has 0 radical (unpaired) electrons. The number of carbonyl (C=O) groups excluding carboxylic acids is 4. The van der Waals surface area contributed by atoms with Crippen LogP contribution in [0.4, 0.5) is 24.5 Å². The van der Waals surface area contributed by atoms with Crippen LogP contribution in [0.25, 0.3) is 10.4 Å². The van der Waals surface area contributed by atoms with Crippen molar-refractivity contribution in [1.82, 2.24) is 36.5 Å². The number of aliphatic hydroxyl groups excluding tert-OH is 1. The molecular formula is C49H58F3IN8O9S. The molecule has 6 N–H and O–H groups in total. The predicted octanol–water partition coefficient (Wildman–Crippen LogP) is 6.62.